The van der Waals surface area contributed by atoms with Crippen molar-refractivity contribution in [1.82, 2.24) is 15.2 Å². The molecule has 1 saturated carbocycles. The summed E-state index contributed by atoms with van der Waals surface area (Å²) in [6.45, 7) is 1.43. The van der Waals surface area contributed by atoms with Crippen LogP contribution in [0, 0.1) is 17.6 Å². The first-order valence-electron chi connectivity index (χ1n) is 10.8. The molecule has 1 aliphatic carbocycles. The van der Waals surface area contributed by atoms with Gasteiger partial charge in [0.05, 0.1) is 5.41 Å². The lowest BCUT2D eigenvalue weighted by Crippen LogP contribution is -2.49. The normalized spacial score (nSPS) is 18.7. The van der Waals surface area contributed by atoms with Gasteiger partial charge in [0.15, 0.2) is 0 Å². The number of rotatable bonds is 6. The molecule has 9 heteroatoms. The van der Waals surface area contributed by atoms with Crippen LogP contribution < -0.4 is 16.4 Å². The Morgan fingerprint density at radius 2 is 1.84 bits per heavy atom. The zero-order chi connectivity index (χ0) is 22.7. The largest absolute Gasteiger partial charge is 0.354 e. The summed E-state index contributed by atoms with van der Waals surface area (Å²) in [6, 6.07) is 6.38. The van der Waals surface area contributed by atoms with Crippen LogP contribution in [0.3, 0.4) is 0 Å². The van der Waals surface area contributed by atoms with Crippen LogP contribution in [0.2, 0.25) is 0 Å². The van der Waals surface area contributed by atoms with E-state index in [0.717, 1.165) is 18.9 Å². The smallest absolute Gasteiger partial charge is 0.321 e. The van der Waals surface area contributed by atoms with Crippen molar-refractivity contribution in [1.29, 1.82) is 0 Å². The number of halogens is 2. The summed E-state index contributed by atoms with van der Waals surface area (Å²) in [5.41, 5.74) is 6.33. The van der Waals surface area contributed by atoms with Gasteiger partial charge >= 0.3 is 6.03 Å². The van der Waals surface area contributed by atoms with E-state index in [2.05, 4.69) is 15.6 Å². The number of piperidine rings is 1. The lowest BCUT2D eigenvalue weighted by atomic mass is 9.89. The molecule has 4 rings (SSSR count). The van der Waals surface area contributed by atoms with Gasteiger partial charge in [0, 0.05) is 55.4 Å². The number of pyridine rings is 1. The lowest BCUT2D eigenvalue weighted by Gasteiger charge is -2.35. The Labute approximate surface area is 185 Å². The summed E-state index contributed by atoms with van der Waals surface area (Å²) < 4.78 is 27.4. The second-order valence-corrected chi connectivity index (χ2v) is 8.57. The molecule has 1 saturated heterocycles. The molecular weight excluding hydrogens is 416 g/mol. The van der Waals surface area contributed by atoms with Crippen LogP contribution in [0.15, 0.2) is 42.7 Å². The van der Waals surface area contributed by atoms with E-state index in [1.807, 2.05) is 0 Å². The fourth-order valence-corrected chi connectivity index (χ4v) is 4.34. The Hall–Kier alpha value is -3.07. The van der Waals surface area contributed by atoms with Crippen LogP contribution >= 0.6 is 0 Å². The molecule has 4 N–H and O–H groups in total. The van der Waals surface area contributed by atoms with Gasteiger partial charge in [-0.25, -0.2) is 13.6 Å². The van der Waals surface area contributed by atoms with Crippen LogP contribution in [-0.2, 0) is 10.2 Å². The van der Waals surface area contributed by atoms with Crippen molar-refractivity contribution in [2.45, 2.75) is 37.1 Å². The van der Waals surface area contributed by atoms with Gasteiger partial charge in [0.1, 0.15) is 11.6 Å². The maximum Gasteiger partial charge on any atom is 0.321 e. The summed E-state index contributed by atoms with van der Waals surface area (Å²) in [5.74, 6) is -1.46. The van der Waals surface area contributed by atoms with E-state index >= 15 is 0 Å². The molecule has 7 nitrogen and oxygen atoms in total. The van der Waals surface area contributed by atoms with Crippen molar-refractivity contribution >= 4 is 17.6 Å². The molecule has 1 aliphatic heterocycles. The van der Waals surface area contributed by atoms with Gasteiger partial charge in [-0.2, -0.15) is 0 Å². The number of carbonyl (C=O) groups is 2. The van der Waals surface area contributed by atoms with Crippen LogP contribution in [0.5, 0.6) is 0 Å². The number of likely N-dealkylation sites (tertiary alicyclic amines) is 1. The Bertz CT molecular complexity index is 976. The van der Waals surface area contributed by atoms with E-state index in [9.17, 15) is 18.4 Å². The molecule has 0 spiro atoms. The fourth-order valence-electron chi connectivity index (χ4n) is 4.34. The quantitative estimate of drug-likeness (QED) is 0.639. The third-order valence-electron chi connectivity index (χ3n) is 6.49. The van der Waals surface area contributed by atoms with Crippen LogP contribution in [-0.4, -0.2) is 47.5 Å². The lowest BCUT2D eigenvalue weighted by molar-refractivity contribution is -0.123. The number of carbonyl (C=O) groups excluding carboxylic acids is 2. The molecule has 0 radical (unpaired) electrons. The summed E-state index contributed by atoms with van der Waals surface area (Å²) in [5, 5.41) is 5.71. The predicted octanol–water partition coefficient (Wildman–Crippen LogP) is 2.78. The average molecular weight is 443 g/mol. The van der Waals surface area contributed by atoms with Gasteiger partial charge in [-0.1, -0.05) is 6.07 Å². The monoisotopic (exact) mass is 443 g/mol. The Kier molecular flexibility index (Phi) is 6.36. The van der Waals surface area contributed by atoms with E-state index in [0.29, 0.717) is 31.6 Å². The molecule has 2 fully saturated rings. The minimum absolute atomic E-state index is 0.159. The SMILES string of the molecule is NC(CNC(=O)C1(c2ccc(F)cc2F)CC1)C1CCN(C(=O)Nc2ccncc2)CC1. The zero-order valence-corrected chi connectivity index (χ0v) is 17.7. The minimum Gasteiger partial charge on any atom is -0.354 e. The maximum atomic E-state index is 14.2. The Balaban J connectivity index is 1.25. The summed E-state index contributed by atoms with van der Waals surface area (Å²) in [6.07, 6.45) is 5.76. The third-order valence-corrected chi connectivity index (χ3v) is 6.49. The number of hydrogen-bond acceptors (Lipinski definition) is 4. The molecule has 2 heterocycles. The molecule has 2 aromatic rings. The number of benzene rings is 1. The van der Waals surface area contributed by atoms with Gasteiger partial charge in [0.25, 0.3) is 0 Å². The van der Waals surface area contributed by atoms with Gasteiger partial charge in [-0.05, 0) is 49.8 Å². The van der Waals surface area contributed by atoms with E-state index in [1.54, 1.807) is 29.4 Å². The molecule has 0 bridgehead atoms. The molecule has 3 amide bonds. The van der Waals surface area contributed by atoms with Gasteiger partial charge in [0.2, 0.25) is 5.91 Å². The summed E-state index contributed by atoms with van der Waals surface area (Å²) in [4.78, 5) is 30.9. The van der Waals surface area contributed by atoms with E-state index in [-0.39, 0.29) is 36.0 Å². The number of anilines is 1. The minimum atomic E-state index is -0.925. The van der Waals surface area contributed by atoms with Crippen LogP contribution in [0.25, 0.3) is 0 Å². The van der Waals surface area contributed by atoms with E-state index in [1.165, 1.54) is 12.1 Å². The average Bonchev–Trinajstić information content (AvgIpc) is 3.60. The maximum absolute atomic E-state index is 14.2. The number of nitrogens with zero attached hydrogens (tertiary/aromatic N) is 2. The van der Waals surface area contributed by atoms with Crippen LogP contribution in [0.4, 0.5) is 19.3 Å². The first-order valence-corrected chi connectivity index (χ1v) is 10.8. The molecule has 1 aromatic carbocycles. The van der Waals surface area contributed by atoms with Crippen molar-refractivity contribution in [2.75, 3.05) is 25.0 Å². The summed E-state index contributed by atoms with van der Waals surface area (Å²) in [7, 11) is 0. The molecule has 1 aromatic heterocycles. The first kappa shape index (κ1) is 22.1. The topological polar surface area (TPSA) is 100 Å². The Morgan fingerprint density at radius 1 is 1.16 bits per heavy atom. The highest BCUT2D eigenvalue weighted by atomic mass is 19.1. The van der Waals surface area contributed by atoms with Gasteiger partial charge < -0.3 is 21.3 Å². The number of aromatic nitrogens is 1. The highest BCUT2D eigenvalue weighted by Crippen LogP contribution is 2.49. The van der Waals surface area contributed by atoms with Crippen molar-refractivity contribution in [2.24, 2.45) is 11.7 Å². The van der Waals surface area contributed by atoms with Gasteiger partial charge in [-0.15, -0.1) is 0 Å². The van der Waals surface area contributed by atoms with E-state index in [4.69, 9.17) is 5.73 Å². The third kappa shape index (κ3) is 4.72. The number of hydrogen-bond donors (Lipinski definition) is 3. The zero-order valence-electron chi connectivity index (χ0n) is 17.7. The first-order chi connectivity index (χ1) is 15.4. The molecule has 170 valence electrons. The Morgan fingerprint density at radius 3 is 2.47 bits per heavy atom. The predicted molar refractivity (Wildman–Crippen MR) is 116 cm³/mol. The van der Waals surface area contributed by atoms with E-state index < -0.39 is 17.0 Å². The standard InChI is InChI=1S/C23H27F2N5O2/c24-16-1-2-18(19(25)13-16)23(7-8-23)21(31)28-14-20(26)15-5-11-30(12-6-15)22(32)29-17-3-9-27-10-4-17/h1-4,9-10,13,15,20H,5-8,11-12,14,26H2,(H,28,31)(H,27,29,32). The number of nitrogens with two attached hydrogens (primary N) is 1. The van der Waals surface area contributed by atoms with Crippen molar-refractivity contribution in [3.8, 4) is 0 Å². The number of nitrogens with one attached hydrogen (secondary N) is 2. The molecule has 32 heavy (non-hydrogen) atoms. The molecule has 1 atom stereocenters. The molecule has 1 unspecified atom stereocenters. The van der Waals surface area contributed by atoms with Crippen molar-refractivity contribution in [3.05, 3.63) is 59.9 Å². The number of amides is 3. The van der Waals surface area contributed by atoms with Crippen molar-refractivity contribution < 1.29 is 18.4 Å². The second kappa shape index (κ2) is 9.20. The second-order valence-electron chi connectivity index (χ2n) is 8.57. The molecular formula is C23H27F2N5O2. The number of urea groups is 1. The van der Waals surface area contributed by atoms with Gasteiger partial charge in [-0.3, -0.25) is 9.78 Å². The summed E-state index contributed by atoms with van der Waals surface area (Å²) >= 11 is 0. The van der Waals surface area contributed by atoms with Crippen LogP contribution in [0.1, 0.15) is 31.2 Å². The highest BCUT2D eigenvalue weighted by molar-refractivity contribution is 5.91. The highest BCUT2D eigenvalue weighted by Gasteiger charge is 2.52. The fraction of sp³-hybridized carbons (Fsp3) is 0.435. The molecule has 2 aliphatic rings. The van der Waals surface area contributed by atoms with Crippen molar-refractivity contribution in [3.63, 3.8) is 0 Å².